The van der Waals surface area contributed by atoms with E-state index < -0.39 is 0 Å². The van der Waals surface area contributed by atoms with Crippen molar-refractivity contribution in [2.45, 2.75) is 0 Å². The van der Waals surface area contributed by atoms with E-state index in [2.05, 4.69) is 25.6 Å². The molecule has 0 aliphatic carbocycles. The minimum absolute atomic E-state index is 0.138. The van der Waals surface area contributed by atoms with Crippen molar-refractivity contribution in [3.8, 4) is 5.88 Å². The second-order valence-corrected chi connectivity index (χ2v) is 3.96. The summed E-state index contributed by atoms with van der Waals surface area (Å²) in [4.78, 5) is 12.1. The van der Waals surface area contributed by atoms with E-state index in [1.807, 2.05) is 0 Å². The number of pyridine rings is 1. The quantitative estimate of drug-likeness (QED) is 0.787. The molecule has 0 bridgehead atoms. The molecule has 4 N–H and O–H groups in total. The molecule has 100 valence electrons. The monoisotopic (exact) mass is 280 g/mol. The standard InChI is InChI=1S/C11H13ClN6O/c1-14-10-7(3-4-8(17-10)19-2)16-9-6(12)5-15-11(13)18-9/h3-5H,1-2H3,(H,14,17)(H3,13,15,16,18). The zero-order chi connectivity index (χ0) is 13.8. The number of ether oxygens (including phenoxy) is 1. The van der Waals surface area contributed by atoms with Gasteiger partial charge in [0.1, 0.15) is 5.02 Å². The van der Waals surface area contributed by atoms with Gasteiger partial charge in [-0.1, -0.05) is 11.6 Å². The third kappa shape index (κ3) is 2.94. The molecule has 2 aromatic rings. The van der Waals surface area contributed by atoms with Gasteiger partial charge in [-0.2, -0.15) is 9.97 Å². The molecule has 0 saturated carbocycles. The van der Waals surface area contributed by atoms with Crippen LogP contribution in [0.2, 0.25) is 5.02 Å². The maximum absolute atomic E-state index is 5.99. The van der Waals surface area contributed by atoms with Crippen LogP contribution in [-0.4, -0.2) is 29.1 Å². The zero-order valence-corrected chi connectivity index (χ0v) is 11.2. The van der Waals surface area contributed by atoms with Crippen LogP contribution in [0.15, 0.2) is 18.3 Å². The van der Waals surface area contributed by atoms with Gasteiger partial charge in [-0.05, 0) is 6.07 Å². The molecule has 2 rings (SSSR count). The lowest BCUT2D eigenvalue weighted by atomic mass is 10.3. The predicted octanol–water partition coefficient (Wildman–Crippen LogP) is 1.90. The van der Waals surface area contributed by atoms with Crippen molar-refractivity contribution in [2.24, 2.45) is 0 Å². The number of nitrogens with one attached hydrogen (secondary N) is 2. The molecule has 2 aromatic heterocycles. The summed E-state index contributed by atoms with van der Waals surface area (Å²) in [7, 11) is 3.31. The number of nitrogens with two attached hydrogens (primary N) is 1. The van der Waals surface area contributed by atoms with E-state index >= 15 is 0 Å². The van der Waals surface area contributed by atoms with Gasteiger partial charge in [-0.25, -0.2) is 4.98 Å². The lowest BCUT2D eigenvalue weighted by Crippen LogP contribution is -2.04. The average molecular weight is 281 g/mol. The van der Waals surface area contributed by atoms with Crippen LogP contribution in [0.5, 0.6) is 5.88 Å². The van der Waals surface area contributed by atoms with Crippen LogP contribution >= 0.6 is 11.6 Å². The van der Waals surface area contributed by atoms with Gasteiger partial charge in [-0.15, -0.1) is 0 Å². The van der Waals surface area contributed by atoms with Crippen LogP contribution in [0, 0.1) is 0 Å². The molecule has 2 heterocycles. The Morgan fingerprint density at radius 3 is 2.74 bits per heavy atom. The molecule has 0 aliphatic heterocycles. The molecule has 0 aliphatic rings. The lowest BCUT2D eigenvalue weighted by molar-refractivity contribution is 0.398. The van der Waals surface area contributed by atoms with Gasteiger partial charge in [0.15, 0.2) is 11.6 Å². The number of methoxy groups -OCH3 is 1. The molecule has 0 amide bonds. The Hall–Kier alpha value is -2.28. The number of hydrogen-bond acceptors (Lipinski definition) is 7. The molecule has 0 aromatic carbocycles. The summed E-state index contributed by atoms with van der Waals surface area (Å²) >= 11 is 5.99. The first-order valence-electron chi connectivity index (χ1n) is 5.42. The highest BCUT2D eigenvalue weighted by Gasteiger charge is 2.09. The minimum atomic E-state index is 0.138. The Labute approximate surface area is 115 Å². The van der Waals surface area contributed by atoms with Crippen molar-refractivity contribution in [3.63, 3.8) is 0 Å². The van der Waals surface area contributed by atoms with Gasteiger partial charge in [0.2, 0.25) is 11.8 Å². The number of nitrogen functional groups attached to an aromatic ring is 1. The van der Waals surface area contributed by atoms with Crippen LogP contribution in [-0.2, 0) is 0 Å². The summed E-state index contributed by atoms with van der Waals surface area (Å²) in [6.45, 7) is 0. The van der Waals surface area contributed by atoms with Gasteiger partial charge < -0.3 is 21.1 Å². The number of hydrogen-bond donors (Lipinski definition) is 3. The minimum Gasteiger partial charge on any atom is -0.481 e. The Balaban J connectivity index is 2.35. The first kappa shape index (κ1) is 13.2. The van der Waals surface area contributed by atoms with Crippen LogP contribution in [0.1, 0.15) is 0 Å². The van der Waals surface area contributed by atoms with Crippen molar-refractivity contribution in [1.29, 1.82) is 0 Å². The fourth-order valence-electron chi connectivity index (χ4n) is 1.44. The number of anilines is 4. The largest absolute Gasteiger partial charge is 0.481 e. The van der Waals surface area contributed by atoms with E-state index in [1.54, 1.807) is 26.3 Å². The molecule has 7 nitrogen and oxygen atoms in total. The summed E-state index contributed by atoms with van der Waals surface area (Å²) in [5.41, 5.74) is 6.22. The summed E-state index contributed by atoms with van der Waals surface area (Å²) in [6, 6.07) is 3.52. The molecule has 0 atom stereocenters. The number of halogens is 1. The van der Waals surface area contributed by atoms with Crippen LogP contribution < -0.4 is 21.1 Å². The van der Waals surface area contributed by atoms with Gasteiger partial charge in [0.25, 0.3) is 0 Å². The number of aromatic nitrogens is 3. The summed E-state index contributed by atoms with van der Waals surface area (Å²) in [5, 5.41) is 6.36. The lowest BCUT2D eigenvalue weighted by Gasteiger charge is -2.12. The maximum Gasteiger partial charge on any atom is 0.222 e. The first-order chi connectivity index (χ1) is 9.13. The highest BCUT2D eigenvalue weighted by molar-refractivity contribution is 6.32. The van der Waals surface area contributed by atoms with Gasteiger partial charge in [0, 0.05) is 13.1 Å². The van der Waals surface area contributed by atoms with E-state index in [4.69, 9.17) is 22.1 Å². The second kappa shape index (κ2) is 5.57. The highest BCUT2D eigenvalue weighted by Crippen LogP contribution is 2.28. The zero-order valence-electron chi connectivity index (χ0n) is 10.4. The molecule has 0 unspecified atom stereocenters. The fraction of sp³-hybridized carbons (Fsp3) is 0.182. The van der Waals surface area contributed by atoms with Crippen molar-refractivity contribution < 1.29 is 4.74 Å². The molecule has 19 heavy (non-hydrogen) atoms. The Morgan fingerprint density at radius 1 is 1.26 bits per heavy atom. The molecule has 0 fully saturated rings. The Kier molecular flexibility index (Phi) is 3.86. The van der Waals surface area contributed by atoms with Crippen LogP contribution in [0.25, 0.3) is 0 Å². The summed E-state index contributed by atoms with van der Waals surface area (Å²) in [5.74, 6) is 1.66. The fourth-order valence-corrected chi connectivity index (χ4v) is 1.58. The summed E-state index contributed by atoms with van der Waals surface area (Å²) < 4.78 is 5.05. The van der Waals surface area contributed by atoms with Crippen molar-refractivity contribution in [2.75, 3.05) is 30.5 Å². The van der Waals surface area contributed by atoms with Crippen molar-refractivity contribution in [3.05, 3.63) is 23.4 Å². The molecule has 0 saturated heterocycles. The first-order valence-corrected chi connectivity index (χ1v) is 5.79. The molecular formula is C11H13ClN6O. The van der Waals surface area contributed by atoms with E-state index in [0.717, 1.165) is 0 Å². The molecule has 0 spiro atoms. The van der Waals surface area contributed by atoms with Gasteiger partial charge in [0.05, 0.1) is 19.0 Å². The van der Waals surface area contributed by atoms with Crippen molar-refractivity contribution >= 4 is 34.9 Å². The molecular weight excluding hydrogens is 268 g/mol. The van der Waals surface area contributed by atoms with Crippen molar-refractivity contribution in [1.82, 2.24) is 15.0 Å². The van der Waals surface area contributed by atoms with Crippen LogP contribution in [0.3, 0.4) is 0 Å². The normalized spacial score (nSPS) is 10.1. The van der Waals surface area contributed by atoms with Crippen LogP contribution in [0.4, 0.5) is 23.3 Å². The van der Waals surface area contributed by atoms with Gasteiger partial charge >= 0.3 is 0 Å². The molecule has 0 radical (unpaired) electrons. The highest BCUT2D eigenvalue weighted by atomic mass is 35.5. The third-order valence-electron chi connectivity index (χ3n) is 2.33. The number of nitrogens with zero attached hydrogens (tertiary/aromatic N) is 3. The third-order valence-corrected chi connectivity index (χ3v) is 2.61. The average Bonchev–Trinajstić information content (AvgIpc) is 2.43. The topological polar surface area (TPSA) is 98.0 Å². The van der Waals surface area contributed by atoms with E-state index in [1.165, 1.54) is 6.20 Å². The van der Waals surface area contributed by atoms with E-state index in [0.29, 0.717) is 28.2 Å². The Morgan fingerprint density at radius 2 is 2.05 bits per heavy atom. The SMILES string of the molecule is CNc1nc(OC)ccc1Nc1nc(N)ncc1Cl. The smallest absolute Gasteiger partial charge is 0.222 e. The number of rotatable bonds is 4. The van der Waals surface area contributed by atoms with E-state index in [-0.39, 0.29) is 5.95 Å². The molecule has 8 heteroatoms. The second-order valence-electron chi connectivity index (χ2n) is 3.55. The maximum atomic E-state index is 5.99. The summed E-state index contributed by atoms with van der Waals surface area (Å²) in [6.07, 6.45) is 1.43. The Bertz CT molecular complexity index is 591. The predicted molar refractivity (Wildman–Crippen MR) is 75.1 cm³/mol. The van der Waals surface area contributed by atoms with Gasteiger partial charge in [-0.3, -0.25) is 0 Å². The van der Waals surface area contributed by atoms with E-state index in [9.17, 15) is 0 Å².